The highest BCUT2D eigenvalue weighted by Gasteiger charge is 1.98. The number of thiazole rings is 1. The molecule has 1 heterocycles. The molecule has 0 unspecified atom stereocenters. The molecule has 3 nitrogen and oxygen atoms in total. The average Bonchev–Trinajstić information content (AvgIpc) is 2.37. The lowest BCUT2D eigenvalue weighted by atomic mass is 10.5. The smallest absolute Gasteiger partial charge is 0.274 e. The molecule has 0 aliphatic carbocycles. The molecule has 0 aliphatic heterocycles. The third kappa shape index (κ3) is 3.05. The Hall–Kier alpha value is -0.320. The van der Waals surface area contributed by atoms with E-state index >= 15 is 0 Å². The zero-order valence-electron chi connectivity index (χ0n) is 5.92. The van der Waals surface area contributed by atoms with Gasteiger partial charge in [0.05, 0.1) is 6.61 Å². The molecule has 0 fully saturated rings. The summed E-state index contributed by atoms with van der Waals surface area (Å²) in [6.45, 7) is 1.25. The number of halogens is 1. The molecule has 62 valence electrons. The van der Waals surface area contributed by atoms with Gasteiger partial charge in [0.2, 0.25) is 0 Å². The fourth-order valence-corrected chi connectivity index (χ4v) is 1.36. The molecule has 0 aromatic carbocycles. The summed E-state index contributed by atoms with van der Waals surface area (Å²) in [7, 11) is 0. The van der Waals surface area contributed by atoms with Crippen molar-refractivity contribution in [2.24, 2.45) is 5.73 Å². The first-order valence-corrected chi connectivity index (χ1v) is 4.52. The number of nitrogens with zero attached hydrogens (tertiary/aromatic N) is 1. The quantitative estimate of drug-likeness (QED) is 0.736. The van der Waals surface area contributed by atoms with Crippen LogP contribution in [0.1, 0.15) is 6.42 Å². The number of ether oxygens (including phenoxy) is 1. The van der Waals surface area contributed by atoms with E-state index in [-0.39, 0.29) is 0 Å². The van der Waals surface area contributed by atoms with Crippen molar-refractivity contribution in [2.45, 2.75) is 6.42 Å². The first-order valence-electron chi connectivity index (χ1n) is 3.27. The maximum atomic E-state index is 5.57. The molecule has 0 amide bonds. The largest absolute Gasteiger partial charge is 0.470 e. The van der Waals surface area contributed by atoms with Gasteiger partial charge < -0.3 is 10.5 Å². The molecule has 1 rings (SSSR count). The number of aromatic nitrogens is 1. The standard InChI is InChI=1S/C6H9ClN2OS/c7-5-4-11-6(9-5)10-3-1-2-8/h4H,1-3,8H2. The predicted molar refractivity (Wildman–Crippen MR) is 46.3 cm³/mol. The van der Waals surface area contributed by atoms with Gasteiger partial charge in [0.15, 0.2) is 0 Å². The third-order valence-corrected chi connectivity index (χ3v) is 2.10. The van der Waals surface area contributed by atoms with Crippen LogP contribution < -0.4 is 10.5 Å². The van der Waals surface area contributed by atoms with Gasteiger partial charge >= 0.3 is 0 Å². The summed E-state index contributed by atoms with van der Waals surface area (Å²) in [5.74, 6) is 0. The molecule has 0 saturated heterocycles. The van der Waals surface area contributed by atoms with E-state index in [2.05, 4.69) is 4.98 Å². The van der Waals surface area contributed by atoms with Gasteiger partial charge in [0.25, 0.3) is 5.19 Å². The number of hydrogen-bond donors (Lipinski definition) is 1. The van der Waals surface area contributed by atoms with Gasteiger partial charge in [-0.05, 0) is 13.0 Å². The Kier molecular flexibility index (Phi) is 3.62. The molecular weight excluding hydrogens is 184 g/mol. The topological polar surface area (TPSA) is 48.1 Å². The Morgan fingerprint density at radius 2 is 2.55 bits per heavy atom. The van der Waals surface area contributed by atoms with Gasteiger partial charge in [-0.15, -0.1) is 0 Å². The minimum atomic E-state index is 0.484. The molecule has 0 bridgehead atoms. The Morgan fingerprint density at radius 3 is 3.09 bits per heavy atom. The van der Waals surface area contributed by atoms with E-state index in [9.17, 15) is 0 Å². The lowest BCUT2D eigenvalue weighted by molar-refractivity contribution is 0.312. The molecule has 0 radical (unpaired) electrons. The Balaban J connectivity index is 2.27. The Bertz CT molecular complexity index is 216. The van der Waals surface area contributed by atoms with Crippen LogP contribution >= 0.6 is 22.9 Å². The van der Waals surface area contributed by atoms with E-state index < -0.39 is 0 Å². The van der Waals surface area contributed by atoms with Crippen molar-refractivity contribution in [1.82, 2.24) is 4.98 Å². The molecule has 1 aromatic rings. The maximum Gasteiger partial charge on any atom is 0.274 e. The van der Waals surface area contributed by atoms with Crippen molar-refractivity contribution in [3.63, 3.8) is 0 Å². The average molecular weight is 193 g/mol. The predicted octanol–water partition coefficient (Wildman–Crippen LogP) is 1.52. The molecule has 0 aliphatic rings. The van der Waals surface area contributed by atoms with Crippen molar-refractivity contribution in [2.75, 3.05) is 13.2 Å². The summed E-state index contributed by atoms with van der Waals surface area (Å²) in [4.78, 5) is 3.90. The lowest BCUT2D eigenvalue weighted by Gasteiger charge is -1.98. The summed E-state index contributed by atoms with van der Waals surface area (Å²) in [6, 6.07) is 0. The van der Waals surface area contributed by atoms with Crippen LogP contribution in [0.25, 0.3) is 0 Å². The second-order valence-electron chi connectivity index (χ2n) is 1.93. The van der Waals surface area contributed by atoms with Crippen LogP contribution in [-0.2, 0) is 0 Å². The van der Waals surface area contributed by atoms with Gasteiger partial charge in [-0.1, -0.05) is 22.9 Å². The number of hydrogen-bond acceptors (Lipinski definition) is 4. The second kappa shape index (κ2) is 4.54. The Morgan fingerprint density at radius 1 is 1.73 bits per heavy atom. The minimum absolute atomic E-state index is 0.484. The second-order valence-corrected chi connectivity index (χ2v) is 3.13. The molecule has 11 heavy (non-hydrogen) atoms. The number of rotatable bonds is 4. The normalized spacial score (nSPS) is 10.0. The van der Waals surface area contributed by atoms with E-state index in [4.69, 9.17) is 22.1 Å². The molecule has 5 heteroatoms. The highest BCUT2D eigenvalue weighted by atomic mass is 35.5. The van der Waals surface area contributed by atoms with Crippen LogP contribution in [0.2, 0.25) is 5.15 Å². The van der Waals surface area contributed by atoms with Crippen molar-refractivity contribution in [3.8, 4) is 5.19 Å². The van der Waals surface area contributed by atoms with Gasteiger partial charge in [0.1, 0.15) is 5.15 Å². The van der Waals surface area contributed by atoms with Gasteiger partial charge in [-0.3, -0.25) is 0 Å². The molecule has 1 aromatic heterocycles. The Labute approximate surface area is 74.1 Å². The van der Waals surface area contributed by atoms with Crippen molar-refractivity contribution < 1.29 is 4.74 Å². The first-order chi connectivity index (χ1) is 5.33. The van der Waals surface area contributed by atoms with Crippen LogP contribution in [0.4, 0.5) is 0 Å². The molecule has 2 N–H and O–H groups in total. The van der Waals surface area contributed by atoms with Gasteiger partial charge in [-0.2, -0.15) is 4.98 Å². The van der Waals surface area contributed by atoms with Crippen LogP contribution in [0.15, 0.2) is 5.38 Å². The highest BCUT2D eigenvalue weighted by molar-refractivity contribution is 7.11. The van der Waals surface area contributed by atoms with E-state index in [1.807, 2.05) is 0 Å². The van der Waals surface area contributed by atoms with Crippen LogP contribution in [0.5, 0.6) is 5.19 Å². The van der Waals surface area contributed by atoms with Crippen molar-refractivity contribution >= 4 is 22.9 Å². The van der Waals surface area contributed by atoms with E-state index in [1.54, 1.807) is 5.38 Å². The third-order valence-electron chi connectivity index (χ3n) is 1.03. The molecule has 0 atom stereocenters. The fourth-order valence-electron chi connectivity index (χ4n) is 0.548. The zero-order valence-corrected chi connectivity index (χ0v) is 7.49. The molecule has 0 saturated carbocycles. The summed E-state index contributed by atoms with van der Waals surface area (Å²) < 4.78 is 5.21. The first kappa shape index (κ1) is 8.77. The molecule has 0 spiro atoms. The van der Waals surface area contributed by atoms with Gasteiger partial charge in [-0.25, -0.2) is 0 Å². The lowest BCUT2D eigenvalue weighted by Crippen LogP contribution is -2.05. The van der Waals surface area contributed by atoms with Crippen molar-refractivity contribution in [3.05, 3.63) is 10.5 Å². The minimum Gasteiger partial charge on any atom is -0.470 e. The fraction of sp³-hybridized carbons (Fsp3) is 0.500. The van der Waals surface area contributed by atoms with Crippen LogP contribution in [0.3, 0.4) is 0 Å². The van der Waals surface area contributed by atoms with E-state index in [0.717, 1.165) is 6.42 Å². The zero-order chi connectivity index (χ0) is 8.10. The van der Waals surface area contributed by atoms with E-state index in [1.165, 1.54) is 11.3 Å². The van der Waals surface area contributed by atoms with Crippen molar-refractivity contribution in [1.29, 1.82) is 0 Å². The summed E-state index contributed by atoms with van der Waals surface area (Å²) in [6.07, 6.45) is 0.844. The van der Waals surface area contributed by atoms with Crippen LogP contribution in [-0.4, -0.2) is 18.1 Å². The van der Waals surface area contributed by atoms with Gasteiger partial charge in [0, 0.05) is 5.38 Å². The summed E-state index contributed by atoms with van der Waals surface area (Å²) >= 11 is 6.96. The monoisotopic (exact) mass is 192 g/mol. The van der Waals surface area contributed by atoms with Crippen LogP contribution in [0, 0.1) is 0 Å². The molecular formula is C6H9ClN2OS. The highest BCUT2D eigenvalue weighted by Crippen LogP contribution is 2.20. The SMILES string of the molecule is NCCCOc1nc(Cl)cs1. The summed E-state index contributed by atoms with van der Waals surface area (Å²) in [5.41, 5.74) is 5.27. The number of nitrogens with two attached hydrogens (primary N) is 1. The summed E-state index contributed by atoms with van der Waals surface area (Å²) in [5, 5.41) is 2.83. The maximum absolute atomic E-state index is 5.57. The van der Waals surface area contributed by atoms with E-state index in [0.29, 0.717) is 23.5 Å².